The van der Waals surface area contributed by atoms with Crippen molar-refractivity contribution in [1.82, 2.24) is 15.2 Å². The molecule has 10 heteroatoms. The van der Waals surface area contributed by atoms with Crippen LogP contribution in [-0.4, -0.2) is 34.7 Å². The third-order valence-electron chi connectivity index (χ3n) is 4.46. The van der Waals surface area contributed by atoms with Gasteiger partial charge in [0.15, 0.2) is 9.84 Å². The molecule has 0 aliphatic carbocycles. The second-order valence-electron chi connectivity index (χ2n) is 6.33. The number of carboxylic acid groups (broad SMARTS) is 1. The Bertz CT molecular complexity index is 1340. The number of aromatic nitrogens is 3. The van der Waals surface area contributed by atoms with Gasteiger partial charge in [0.05, 0.1) is 21.9 Å². The van der Waals surface area contributed by atoms with Crippen LogP contribution in [0.2, 0.25) is 0 Å². The SMILES string of the molecule is O=C(O)c1ccc(-c2n[nH]c3ccc(S(=O)(=O)Cc4c(F)cccc4F)cc23)[nH]1. The molecule has 0 atom stereocenters. The van der Waals surface area contributed by atoms with E-state index in [4.69, 9.17) is 5.11 Å². The van der Waals surface area contributed by atoms with Gasteiger partial charge in [-0.05, 0) is 42.5 Å². The van der Waals surface area contributed by atoms with Crippen LogP contribution in [0.4, 0.5) is 8.78 Å². The second kappa shape index (κ2) is 6.82. The molecule has 3 N–H and O–H groups in total. The summed E-state index contributed by atoms with van der Waals surface area (Å²) in [6.07, 6.45) is 0. The van der Waals surface area contributed by atoms with E-state index < -0.39 is 38.8 Å². The standard InChI is InChI=1S/C19H13F2N3O4S/c20-13-2-1-3-14(21)12(13)9-29(27,28)10-4-5-15-11(8-10)18(24-23-15)16-6-7-17(22-16)19(25)26/h1-8,22H,9H2,(H,23,24)(H,25,26). The Morgan fingerprint density at radius 3 is 2.45 bits per heavy atom. The Kier molecular flexibility index (Phi) is 4.42. The maximum Gasteiger partial charge on any atom is 0.352 e. The van der Waals surface area contributed by atoms with Crippen LogP contribution >= 0.6 is 0 Å². The van der Waals surface area contributed by atoms with Crippen LogP contribution in [0.15, 0.2) is 53.4 Å². The van der Waals surface area contributed by atoms with Gasteiger partial charge in [0, 0.05) is 10.9 Å². The van der Waals surface area contributed by atoms with Gasteiger partial charge >= 0.3 is 5.97 Å². The number of fused-ring (bicyclic) bond motifs is 1. The normalized spacial score (nSPS) is 11.8. The van der Waals surface area contributed by atoms with E-state index in [1.165, 1.54) is 30.3 Å². The molecule has 0 radical (unpaired) electrons. The minimum absolute atomic E-state index is 0.0463. The number of sulfone groups is 1. The number of nitrogens with zero attached hydrogens (tertiary/aromatic N) is 1. The predicted octanol–water partition coefficient (Wildman–Crippen LogP) is 3.51. The zero-order chi connectivity index (χ0) is 20.8. The number of hydrogen-bond acceptors (Lipinski definition) is 4. The summed E-state index contributed by atoms with van der Waals surface area (Å²) in [5.41, 5.74) is 0.637. The van der Waals surface area contributed by atoms with Crippen LogP contribution in [0.25, 0.3) is 22.3 Å². The van der Waals surface area contributed by atoms with Crippen LogP contribution in [0.1, 0.15) is 16.1 Å². The zero-order valence-corrected chi connectivity index (χ0v) is 15.4. The minimum atomic E-state index is -4.06. The highest BCUT2D eigenvalue weighted by Crippen LogP contribution is 2.29. The summed E-state index contributed by atoms with van der Waals surface area (Å²) in [7, 11) is -4.06. The van der Waals surface area contributed by atoms with Gasteiger partial charge in [-0.25, -0.2) is 22.0 Å². The highest BCUT2D eigenvalue weighted by molar-refractivity contribution is 7.90. The number of aromatic carboxylic acids is 1. The molecule has 148 valence electrons. The fourth-order valence-corrected chi connectivity index (χ4v) is 4.39. The van der Waals surface area contributed by atoms with Gasteiger partial charge in [0.25, 0.3) is 0 Å². The lowest BCUT2D eigenvalue weighted by Gasteiger charge is -2.07. The Hall–Kier alpha value is -3.53. The lowest BCUT2D eigenvalue weighted by Crippen LogP contribution is -2.08. The topological polar surface area (TPSA) is 116 Å². The Labute approximate surface area is 162 Å². The van der Waals surface area contributed by atoms with Gasteiger partial charge in [-0.15, -0.1) is 0 Å². The first-order valence-corrected chi connectivity index (χ1v) is 9.98. The molecule has 0 spiro atoms. The molecule has 2 aromatic heterocycles. The summed E-state index contributed by atoms with van der Waals surface area (Å²) in [4.78, 5) is 13.6. The first kappa shape index (κ1) is 18.8. The van der Waals surface area contributed by atoms with Crippen molar-refractivity contribution >= 4 is 26.7 Å². The summed E-state index contributed by atoms with van der Waals surface area (Å²) in [5, 5.41) is 16.3. The summed E-state index contributed by atoms with van der Waals surface area (Å²) < 4.78 is 53.3. The van der Waals surface area contributed by atoms with Crippen molar-refractivity contribution in [1.29, 1.82) is 0 Å². The van der Waals surface area contributed by atoms with Crippen molar-refractivity contribution in [3.05, 3.63) is 71.4 Å². The van der Waals surface area contributed by atoms with Crippen molar-refractivity contribution in [3.63, 3.8) is 0 Å². The lowest BCUT2D eigenvalue weighted by molar-refractivity contribution is 0.0691. The molecule has 4 aromatic rings. The molecule has 2 aromatic carbocycles. The first-order chi connectivity index (χ1) is 13.8. The van der Waals surface area contributed by atoms with Crippen molar-refractivity contribution in [2.24, 2.45) is 0 Å². The number of nitrogens with one attached hydrogen (secondary N) is 2. The largest absolute Gasteiger partial charge is 0.477 e. The molecular formula is C19H13F2N3O4S. The molecule has 0 bridgehead atoms. The number of carbonyl (C=O) groups is 1. The third-order valence-corrected chi connectivity index (χ3v) is 6.10. The van der Waals surface area contributed by atoms with Crippen LogP contribution in [0.3, 0.4) is 0 Å². The zero-order valence-electron chi connectivity index (χ0n) is 14.6. The van der Waals surface area contributed by atoms with E-state index in [1.54, 1.807) is 0 Å². The van der Waals surface area contributed by atoms with E-state index in [1.807, 2.05) is 0 Å². The van der Waals surface area contributed by atoms with Crippen molar-refractivity contribution in [3.8, 4) is 11.4 Å². The molecule has 2 heterocycles. The molecular weight excluding hydrogens is 404 g/mol. The fraction of sp³-hybridized carbons (Fsp3) is 0.0526. The van der Waals surface area contributed by atoms with Crippen molar-refractivity contribution in [2.75, 3.05) is 0 Å². The van der Waals surface area contributed by atoms with Gasteiger partial charge in [-0.3, -0.25) is 5.10 Å². The average Bonchev–Trinajstić information content (AvgIpc) is 3.31. The van der Waals surface area contributed by atoms with Crippen LogP contribution in [-0.2, 0) is 15.6 Å². The molecule has 0 saturated heterocycles. The maximum atomic E-state index is 13.9. The van der Waals surface area contributed by atoms with E-state index in [9.17, 15) is 22.0 Å². The quantitative estimate of drug-likeness (QED) is 0.460. The number of aromatic amines is 2. The number of benzene rings is 2. The lowest BCUT2D eigenvalue weighted by atomic mass is 10.2. The van der Waals surface area contributed by atoms with Gasteiger partial charge < -0.3 is 10.1 Å². The molecule has 7 nitrogen and oxygen atoms in total. The molecule has 0 saturated carbocycles. The van der Waals surface area contributed by atoms with E-state index in [0.717, 1.165) is 18.2 Å². The number of carboxylic acids is 1. The Morgan fingerprint density at radius 2 is 1.79 bits per heavy atom. The predicted molar refractivity (Wildman–Crippen MR) is 100 cm³/mol. The van der Waals surface area contributed by atoms with Crippen LogP contribution < -0.4 is 0 Å². The molecule has 0 fully saturated rings. The fourth-order valence-electron chi connectivity index (χ4n) is 2.99. The molecule has 0 aliphatic heterocycles. The molecule has 4 rings (SSSR count). The molecule has 0 unspecified atom stereocenters. The van der Waals surface area contributed by atoms with Crippen LogP contribution in [0.5, 0.6) is 0 Å². The highest BCUT2D eigenvalue weighted by Gasteiger charge is 2.22. The highest BCUT2D eigenvalue weighted by atomic mass is 32.2. The second-order valence-corrected chi connectivity index (χ2v) is 8.32. The number of hydrogen-bond donors (Lipinski definition) is 3. The molecule has 0 amide bonds. The minimum Gasteiger partial charge on any atom is -0.477 e. The van der Waals surface area contributed by atoms with E-state index in [2.05, 4.69) is 15.2 Å². The number of H-pyrrole nitrogens is 2. The number of rotatable bonds is 5. The van der Waals surface area contributed by atoms with Gasteiger partial charge in [-0.2, -0.15) is 5.10 Å². The van der Waals surface area contributed by atoms with Gasteiger partial charge in [0.1, 0.15) is 23.0 Å². The first-order valence-electron chi connectivity index (χ1n) is 8.33. The number of halogens is 2. The van der Waals surface area contributed by atoms with E-state index >= 15 is 0 Å². The van der Waals surface area contributed by atoms with Crippen molar-refractivity contribution < 1.29 is 27.1 Å². The summed E-state index contributed by atoms with van der Waals surface area (Å²) in [6, 6.07) is 10.2. The van der Waals surface area contributed by atoms with E-state index in [-0.39, 0.29) is 10.6 Å². The van der Waals surface area contributed by atoms with Crippen LogP contribution in [0, 0.1) is 11.6 Å². The Balaban J connectivity index is 1.77. The monoisotopic (exact) mass is 417 g/mol. The van der Waals surface area contributed by atoms with Gasteiger partial charge in [-0.1, -0.05) is 6.07 Å². The summed E-state index contributed by atoms with van der Waals surface area (Å²) >= 11 is 0. The van der Waals surface area contributed by atoms with Crippen molar-refractivity contribution in [2.45, 2.75) is 10.6 Å². The average molecular weight is 417 g/mol. The maximum absolute atomic E-state index is 13.9. The third kappa shape index (κ3) is 3.38. The Morgan fingerprint density at radius 1 is 1.07 bits per heavy atom. The van der Waals surface area contributed by atoms with E-state index in [0.29, 0.717) is 22.3 Å². The molecule has 0 aliphatic rings. The van der Waals surface area contributed by atoms with Gasteiger partial charge in [0.2, 0.25) is 0 Å². The summed E-state index contributed by atoms with van der Waals surface area (Å²) in [6.45, 7) is 0. The molecule has 29 heavy (non-hydrogen) atoms. The smallest absolute Gasteiger partial charge is 0.352 e. The summed E-state index contributed by atoms with van der Waals surface area (Å²) in [5.74, 6) is -3.86.